The standard InChI is InChI=1S/C31H50N2O7S/c1-8-9-24-41(36,37)33(30(2,3)4)40-28(34)13-11-10-12-25-14-16-27(17-15-25)38-23-20-26-18-21-32(22-19-26)29(35)39-31(5,6)7/h10,12,14-17,26H,8-9,11,13,18-24H2,1-7H3. The summed E-state index contributed by atoms with van der Waals surface area (Å²) < 4.78 is 37.5. The van der Waals surface area contributed by atoms with Crippen LogP contribution in [0, 0.1) is 5.92 Å². The van der Waals surface area contributed by atoms with Crippen LogP contribution in [0.5, 0.6) is 5.75 Å². The number of carbonyl (C=O) groups is 2. The number of unbranched alkanes of at least 4 members (excludes halogenated alkanes) is 1. The second-order valence-corrected chi connectivity index (χ2v) is 14.5. The molecule has 1 saturated heterocycles. The molecule has 1 aromatic carbocycles. The van der Waals surface area contributed by atoms with Gasteiger partial charge < -0.3 is 19.2 Å². The number of ether oxygens (including phenoxy) is 2. The Balaban J connectivity index is 1.72. The molecule has 1 aliphatic heterocycles. The van der Waals surface area contributed by atoms with Crippen molar-refractivity contribution in [2.75, 3.05) is 25.4 Å². The third-order valence-electron chi connectivity index (χ3n) is 6.51. The zero-order valence-corrected chi connectivity index (χ0v) is 26.8. The number of benzene rings is 1. The van der Waals surface area contributed by atoms with Gasteiger partial charge in [0.25, 0.3) is 0 Å². The van der Waals surface area contributed by atoms with Crippen LogP contribution < -0.4 is 4.74 Å². The Kier molecular flexibility index (Phi) is 13.2. The van der Waals surface area contributed by atoms with Crippen LogP contribution >= 0.6 is 0 Å². The topological polar surface area (TPSA) is 102 Å². The SMILES string of the molecule is CCCCS(=O)(=O)N(OC(=O)CCC=Cc1ccc(OCCC2CCN(C(=O)OC(C)(C)C)CC2)cc1)C(C)(C)C. The Morgan fingerprint density at radius 3 is 2.24 bits per heavy atom. The largest absolute Gasteiger partial charge is 0.494 e. The van der Waals surface area contributed by atoms with Crippen molar-refractivity contribution < 1.29 is 32.3 Å². The van der Waals surface area contributed by atoms with Crippen molar-refractivity contribution in [1.82, 2.24) is 9.37 Å². The monoisotopic (exact) mass is 594 g/mol. The molecule has 41 heavy (non-hydrogen) atoms. The van der Waals surface area contributed by atoms with Crippen molar-refractivity contribution in [2.24, 2.45) is 5.92 Å². The van der Waals surface area contributed by atoms with Gasteiger partial charge in [0.2, 0.25) is 10.0 Å². The molecule has 0 aromatic heterocycles. The molecule has 0 bridgehead atoms. The van der Waals surface area contributed by atoms with Gasteiger partial charge >= 0.3 is 12.1 Å². The Hall–Kier alpha value is -2.59. The number of allylic oxidation sites excluding steroid dienone is 1. The molecule has 0 saturated carbocycles. The molecular weight excluding hydrogens is 544 g/mol. The molecule has 10 heteroatoms. The van der Waals surface area contributed by atoms with Crippen LogP contribution in [0.25, 0.3) is 6.08 Å². The molecule has 0 aliphatic carbocycles. The van der Waals surface area contributed by atoms with Gasteiger partial charge in [-0.3, -0.25) is 4.79 Å². The van der Waals surface area contributed by atoms with E-state index in [9.17, 15) is 18.0 Å². The van der Waals surface area contributed by atoms with E-state index in [0.717, 1.165) is 41.5 Å². The zero-order valence-electron chi connectivity index (χ0n) is 26.0. The highest BCUT2D eigenvalue weighted by Crippen LogP contribution is 2.24. The minimum Gasteiger partial charge on any atom is -0.494 e. The fourth-order valence-corrected chi connectivity index (χ4v) is 6.18. The number of carbonyl (C=O) groups excluding carboxylic acids is 2. The number of rotatable bonds is 13. The van der Waals surface area contributed by atoms with Gasteiger partial charge in [-0.2, -0.15) is 0 Å². The van der Waals surface area contributed by atoms with Crippen LogP contribution in [-0.4, -0.2) is 66.4 Å². The van der Waals surface area contributed by atoms with Crippen molar-refractivity contribution in [3.8, 4) is 5.75 Å². The fraction of sp³-hybridized carbons (Fsp3) is 0.677. The van der Waals surface area contributed by atoms with Crippen molar-refractivity contribution in [1.29, 1.82) is 0 Å². The Bertz CT molecular complexity index is 1090. The minimum absolute atomic E-state index is 0.0527. The molecule has 1 aromatic rings. The van der Waals surface area contributed by atoms with Crippen molar-refractivity contribution in [3.63, 3.8) is 0 Å². The number of hydroxylamine groups is 1. The first-order chi connectivity index (χ1) is 19.1. The van der Waals surface area contributed by atoms with Gasteiger partial charge in [0.05, 0.1) is 24.3 Å². The lowest BCUT2D eigenvalue weighted by Gasteiger charge is -2.33. The van der Waals surface area contributed by atoms with Crippen LogP contribution in [0.15, 0.2) is 30.3 Å². The zero-order chi connectivity index (χ0) is 30.7. The molecule has 2 rings (SSSR count). The van der Waals surface area contributed by atoms with Crippen molar-refractivity contribution in [2.45, 2.75) is 105 Å². The molecule has 0 radical (unpaired) electrons. The number of piperidine rings is 1. The number of amides is 1. The van der Waals surface area contributed by atoms with Gasteiger partial charge in [-0.05, 0) is 102 Å². The molecule has 9 nitrogen and oxygen atoms in total. The molecule has 1 fully saturated rings. The van der Waals surface area contributed by atoms with Gasteiger partial charge in [0.15, 0.2) is 0 Å². The summed E-state index contributed by atoms with van der Waals surface area (Å²) in [4.78, 5) is 31.7. The van der Waals surface area contributed by atoms with E-state index >= 15 is 0 Å². The molecule has 0 atom stereocenters. The Morgan fingerprint density at radius 2 is 1.68 bits per heavy atom. The van der Waals surface area contributed by atoms with E-state index in [-0.39, 0.29) is 18.3 Å². The lowest BCUT2D eigenvalue weighted by atomic mass is 9.94. The highest BCUT2D eigenvalue weighted by atomic mass is 32.2. The van der Waals surface area contributed by atoms with Crippen LogP contribution in [0.1, 0.15) is 99.0 Å². The van der Waals surface area contributed by atoms with E-state index in [0.29, 0.717) is 38.5 Å². The summed E-state index contributed by atoms with van der Waals surface area (Å²) in [6.45, 7) is 14.7. The first kappa shape index (κ1) is 34.6. The van der Waals surface area contributed by atoms with E-state index in [1.165, 1.54) is 0 Å². The summed E-state index contributed by atoms with van der Waals surface area (Å²) in [6.07, 6.45) is 8.13. The van der Waals surface area contributed by atoms with Crippen molar-refractivity contribution in [3.05, 3.63) is 35.9 Å². The predicted octanol–water partition coefficient (Wildman–Crippen LogP) is 6.58. The maximum atomic E-state index is 12.6. The molecule has 1 amide bonds. The van der Waals surface area contributed by atoms with E-state index < -0.39 is 27.1 Å². The lowest BCUT2D eigenvalue weighted by molar-refractivity contribution is -0.182. The van der Waals surface area contributed by atoms with Gasteiger partial charge in [-0.25, -0.2) is 13.2 Å². The van der Waals surface area contributed by atoms with Gasteiger partial charge in [0, 0.05) is 13.1 Å². The van der Waals surface area contributed by atoms with Crippen molar-refractivity contribution >= 4 is 28.2 Å². The van der Waals surface area contributed by atoms with Gasteiger partial charge in [-0.1, -0.05) is 37.6 Å². The minimum atomic E-state index is -3.70. The van der Waals surface area contributed by atoms with E-state index in [1.54, 1.807) is 25.7 Å². The third kappa shape index (κ3) is 12.9. The third-order valence-corrected chi connectivity index (χ3v) is 8.44. The number of likely N-dealkylation sites (tertiary alicyclic amines) is 1. The average Bonchev–Trinajstić information content (AvgIpc) is 2.88. The van der Waals surface area contributed by atoms with Gasteiger partial charge in [0.1, 0.15) is 11.4 Å². The summed E-state index contributed by atoms with van der Waals surface area (Å²) in [6, 6.07) is 7.74. The summed E-state index contributed by atoms with van der Waals surface area (Å²) in [5.41, 5.74) is -0.365. The second kappa shape index (κ2) is 15.6. The van der Waals surface area contributed by atoms with E-state index in [2.05, 4.69) is 0 Å². The van der Waals surface area contributed by atoms with E-state index in [1.807, 2.05) is 64.1 Å². The van der Waals surface area contributed by atoms with Gasteiger partial charge in [-0.15, -0.1) is 0 Å². The Labute approximate surface area is 247 Å². The molecular formula is C31H50N2O7S. The predicted molar refractivity (Wildman–Crippen MR) is 162 cm³/mol. The normalized spacial score (nSPS) is 15.4. The molecule has 0 spiro atoms. The molecule has 1 heterocycles. The number of hydrogen-bond donors (Lipinski definition) is 0. The lowest BCUT2D eigenvalue weighted by Crippen LogP contribution is -2.47. The molecule has 1 aliphatic rings. The summed E-state index contributed by atoms with van der Waals surface area (Å²) in [5, 5.41) is 0. The van der Waals surface area contributed by atoms with E-state index in [4.69, 9.17) is 14.3 Å². The highest BCUT2D eigenvalue weighted by Gasteiger charge is 2.36. The van der Waals surface area contributed by atoms with Crippen LogP contribution in [0.3, 0.4) is 0 Å². The maximum Gasteiger partial charge on any atom is 0.410 e. The van der Waals surface area contributed by atoms with Crippen LogP contribution in [0.4, 0.5) is 4.79 Å². The molecule has 232 valence electrons. The quantitative estimate of drug-likeness (QED) is 0.238. The first-order valence-electron chi connectivity index (χ1n) is 14.7. The average molecular weight is 595 g/mol. The number of sulfonamides is 1. The summed E-state index contributed by atoms with van der Waals surface area (Å²) in [7, 11) is -3.70. The second-order valence-electron chi connectivity index (χ2n) is 12.6. The summed E-state index contributed by atoms with van der Waals surface area (Å²) in [5.74, 6) is 0.685. The Morgan fingerprint density at radius 1 is 1.05 bits per heavy atom. The number of hydrogen-bond acceptors (Lipinski definition) is 7. The molecule has 0 N–H and O–H groups in total. The molecule has 0 unspecified atom stereocenters. The highest BCUT2D eigenvalue weighted by molar-refractivity contribution is 7.89. The smallest absolute Gasteiger partial charge is 0.410 e. The maximum absolute atomic E-state index is 12.6. The summed E-state index contributed by atoms with van der Waals surface area (Å²) >= 11 is 0. The first-order valence-corrected chi connectivity index (χ1v) is 16.3. The fourth-order valence-electron chi connectivity index (χ4n) is 4.33. The van der Waals surface area contributed by atoms with Crippen LogP contribution in [0.2, 0.25) is 0 Å². The number of nitrogens with zero attached hydrogens (tertiary/aromatic N) is 2. The van der Waals surface area contributed by atoms with Crippen LogP contribution in [-0.2, 0) is 24.4 Å².